The Morgan fingerprint density at radius 1 is 1.65 bits per heavy atom. The van der Waals surface area contributed by atoms with E-state index in [1.54, 1.807) is 11.3 Å². The van der Waals surface area contributed by atoms with Gasteiger partial charge < -0.3 is 10.1 Å². The standard InChI is InChI=1S/C13H19NO2S/c1-3-10-6-7-12(17-10)13(15)14-9(2)11-5-4-8-16-11/h6-7,9,11H,3-5,8H2,1-2H3,(H,14,15)/t9-,11+/m0/s1. The van der Waals surface area contributed by atoms with Gasteiger partial charge in [-0.3, -0.25) is 4.79 Å². The van der Waals surface area contributed by atoms with Gasteiger partial charge in [0.1, 0.15) is 0 Å². The van der Waals surface area contributed by atoms with E-state index < -0.39 is 0 Å². The summed E-state index contributed by atoms with van der Waals surface area (Å²) in [6.07, 6.45) is 3.32. The minimum absolute atomic E-state index is 0.0256. The number of nitrogens with one attached hydrogen (secondary N) is 1. The van der Waals surface area contributed by atoms with Crippen molar-refractivity contribution in [3.63, 3.8) is 0 Å². The van der Waals surface area contributed by atoms with Gasteiger partial charge in [0.25, 0.3) is 5.91 Å². The Labute approximate surface area is 106 Å². The van der Waals surface area contributed by atoms with Crippen LogP contribution in [-0.4, -0.2) is 24.7 Å². The van der Waals surface area contributed by atoms with Crippen molar-refractivity contribution in [3.05, 3.63) is 21.9 Å². The largest absolute Gasteiger partial charge is 0.376 e. The van der Waals surface area contributed by atoms with Crippen molar-refractivity contribution in [2.24, 2.45) is 0 Å². The fourth-order valence-electron chi connectivity index (χ4n) is 2.06. The highest BCUT2D eigenvalue weighted by Crippen LogP contribution is 2.19. The summed E-state index contributed by atoms with van der Waals surface area (Å²) in [4.78, 5) is 14.0. The Morgan fingerprint density at radius 3 is 3.06 bits per heavy atom. The molecule has 1 amide bonds. The lowest BCUT2D eigenvalue weighted by Gasteiger charge is -2.19. The minimum Gasteiger partial charge on any atom is -0.376 e. The van der Waals surface area contributed by atoms with Gasteiger partial charge in [-0.1, -0.05) is 6.92 Å². The third kappa shape index (κ3) is 3.07. The summed E-state index contributed by atoms with van der Waals surface area (Å²) in [5.74, 6) is 0.0256. The molecule has 0 saturated carbocycles. The SMILES string of the molecule is CCc1ccc(C(=O)N[C@@H](C)[C@H]2CCCO2)s1. The van der Waals surface area contributed by atoms with E-state index in [4.69, 9.17) is 4.74 Å². The summed E-state index contributed by atoms with van der Waals surface area (Å²) in [6, 6.07) is 4.02. The lowest BCUT2D eigenvalue weighted by molar-refractivity contribution is 0.0714. The van der Waals surface area contributed by atoms with Gasteiger partial charge >= 0.3 is 0 Å². The fraction of sp³-hybridized carbons (Fsp3) is 0.615. The van der Waals surface area contributed by atoms with E-state index in [-0.39, 0.29) is 18.1 Å². The molecule has 0 unspecified atom stereocenters. The first-order valence-electron chi connectivity index (χ1n) is 6.22. The molecule has 1 aliphatic heterocycles. The molecule has 1 aliphatic rings. The smallest absolute Gasteiger partial charge is 0.261 e. The van der Waals surface area contributed by atoms with Crippen molar-refractivity contribution in [2.75, 3.05) is 6.61 Å². The molecule has 0 bridgehead atoms. The molecule has 0 aliphatic carbocycles. The Balaban J connectivity index is 1.91. The first kappa shape index (κ1) is 12.6. The van der Waals surface area contributed by atoms with Gasteiger partial charge in [-0.15, -0.1) is 11.3 Å². The van der Waals surface area contributed by atoms with Gasteiger partial charge in [0, 0.05) is 11.5 Å². The van der Waals surface area contributed by atoms with Crippen LogP contribution in [0.4, 0.5) is 0 Å². The Morgan fingerprint density at radius 2 is 2.47 bits per heavy atom. The van der Waals surface area contributed by atoms with Crippen LogP contribution >= 0.6 is 11.3 Å². The van der Waals surface area contributed by atoms with Crippen LogP contribution in [0.2, 0.25) is 0 Å². The number of rotatable bonds is 4. The summed E-state index contributed by atoms with van der Waals surface area (Å²) in [5, 5.41) is 3.02. The minimum atomic E-state index is 0.0256. The molecule has 2 atom stereocenters. The van der Waals surface area contributed by atoms with Crippen molar-refractivity contribution < 1.29 is 9.53 Å². The van der Waals surface area contributed by atoms with Crippen LogP contribution in [-0.2, 0) is 11.2 Å². The second-order valence-electron chi connectivity index (χ2n) is 4.43. The highest BCUT2D eigenvalue weighted by atomic mass is 32.1. The van der Waals surface area contributed by atoms with E-state index in [1.807, 2.05) is 19.1 Å². The summed E-state index contributed by atoms with van der Waals surface area (Å²) in [7, 11) is 0. The van der Waals surface area contributed by atoms with E-state index in [0.717, 1.165) is 30.7 Å². The lowest BCUT2D eigenvalue weighted by atomic mass is 10.1. The molecule has 1 N–H and O–H groups in total. The van der Waals surface area contributed by atoms with Gasteiger partial charge in [-0.2, -0.15) is 0 Å². The van der Waals surface area contributed by atoms with Gasteiger partial charge in [0.15, 0.2) is 0 Å². The molecule has 1 aromatic heterocycles. The maximum absolute atomic E-state index is 12.0. The molecule has 2 heterocycles. The summed E-state index contributed by atoms with van der Waals surface area (Å²) in [5.41, 5.74) is 0. The zero-order valence-corrected chi connectivity index (χ0v) is 11.2. The highest BCUT2D eigenvalue weighted by molar-refractivity contribution is 7.14. The number of ether oxygens (including phenoxy) is 1. The Kier molecular flexibility index (Phi) is 4.18. The molecule has 2 rings (SSSR count). The zero-order chi connectivity index (χ0) is 12.3. The summed E-state index contributed by atoms with van der Waals surface area (Å²) >= 11 is 1.57. The maximum Gasteiger partial charge on any atom is 0.261 e. The van der Waals surface area contributed by atoms with Crippen LogP contribution in [0.5, 0.6) is 0 Å². The molecule has 0 radical (unpaired) electrons. The predicted molar refractivity (Wildman–Crippen MR) is 69.6 cm³/mol. The van der Waals surface area contributed by atoms with Crippen molar-refractivity contribution in [1.82, 2.24) is 5.32 Å². The topological polar surface area (TPSA) is 38.3 Å². The number of aryl methyl sites for hydroxylation is 1. The second-order valence-corrected chi connectivity index (χ2v) is 5.60. The average Bonchev–Trinajstić information content (AvgIpc) is 3.00. The number of carbonyl (C=O) groups excluding carboxylic acids is 1. The molecule has 0 aromatic carbocycles. The van der Waals surface area contributed by atoms with Crippen molar-refractivity contribution in [1.29, 1.82) is 0 Å². The van der Waals surface area contributed by atoms with Crippen LogP contribution in [0.25, 0.3) is 0 Å². The Bertz CT molecular complexity index is 383. The molecule has 94 valence electrons. The first-order chi connectivity index (χ1) is 8.20. The monoisotopic (exact) mass is 253 g/mol. The molecule has 1 saturated heterocycles. The van der Waals surface area contributed by atoms with E-state index in [1.165, 1.54) is 4.88 Å². The predicted octanol–water partition coefficient (Wildman–Crippen LogP) is 2.61. The van der Waals surface area contributed by atoms with E-state index >= 15 is 0 Å². The quantitative estimate of drug-likeness (QED) is 0.895. The zero-order valence-electron chi connectivity index (χ0n) is 10.4. The highest BCUT2D eigenvalue weighted by Gasteiger charge is 2.24. The molecular formula is C13H19NO2S. The summed E-state index contributed by atoms with van der Waals surface area (Å²) in [6.45, 7) is 4.94. The number of hydrogen-bond acceptors (Lipinski definition) is 3. The van der Waals surface area contributed by atoms with E-state index in [0.29, 0.717) is 0 Å². The number of carbonyl (C=O) groups is 1. The third-order valence-corrected chi connectivity index (χ3v) is 4.34. The van der Waals surface area contributed by atoms with Crippen LogP contribution < -0.4 is 5.32 Å². The molecule has 17 heavy (non-hydrogen) atoms. The third-order valence-electron chi connectivity index (χ3n) is 3.12. The molecule has 4 heteroatoms. The molecular weight excluding hydrogens is 234 g/mol. The van der Waals surface area contributed by atoms with Gasteiger partial charge in [-0.25, -0.2) is 0 Å². The van der Waals surface area contributed by atoms with Gasteiger partial charge in [-0.05, 0) is 38.3 Å². The Hall–Kier alpha value is -0.870. The molecule has 3 nitrogen and oxygen atoms in total. The van der Waals surface area contributed by atoms with Crippen LogP contribution in [0.3, 0.4) is 0 Å². The number of amides is 1. The molecule has 1 aromatic rings. The van der Waals surface area contributed by atoms with Crippen LogP contribution in [0, 0.1) is 0 Å². The lowest BCUT2D eigenvalue weighted by Crippen LogP contribution is -2.40. The van der Waals surface area contributed by atoms with E-state index in [2.05, 4.69) is 12.2 Å². The summed E-state index contributed by atoms with van der Waals surface area (Å²) < 4.78 is 5.57. The number of hydrogen-bond donors (Lipinski definition) is 1. The van der Waals surface area contributed by atoms with E-state index in [9.17, 15) is 4.79 Å². The number of thiophene rings is 1. The van der Waals surface area contributed by atoms with Crippen molar-refractivity contribution in [3.8, 4) is 0 Å². The van der Waals surface area contributed by atoms with Gasteiger partial charge in [0.2, 0.25) is 0 Å². The molecule has 0 spiro atoms. The second kappa shape index (κ2) is 5.65. The fourth-order valence-corrected chi connectivity index (χ4v) is 2.91. The van der Waals surface area contributed by atoms with Crippen LogP contribution in [0.1, 0.15) is 41.2 Å². The molecule has 1 fully saturated rings. The first-order valence-corrected chi connectivity index (χ1v) is 7.03. The van der Waals surface area contributed by atoms with Gasteiger partial charge in [0.05, 0.1) is 17.0 Å². The van der Waals surface area contributed by atoms with Crippen LogP contribution in [0.15, 0.2) is 12.1 Å². The maximum atomic E-state index is 12.0. The normalized spacial score (nSPS) is 21.4. The van der Waals surface area contributed by atoms with Crippen molar-refractivity contribution in [2.45, 2.75) is 45.3 Å². The van der Waals surface area contributed by atoms with Crippen molar-refractivity contribution >= 4 is 17.2 Å². The average molecular weight is 253 g/mol.